The van der Waals surface area contributed by atoms with Gasteiger partial charge in [-0.3, -0.25) is 0 Å². The van der Waals surface area contributed by atoms with Gasteiger partial charge in [0, 0.05) is 16.0 Å². The van der Waals surface area contributed by atoms with Crippen molar-refractivity contribution in [2.45, 2.75) is 76.8 Å². The number of aldehydes is 1. The van der Waals surface area contributed by atoms with Crippen LogP contribution < -0.4 is 10.0 Å². The summed E-state index contributed by atoms with van der Waals surface area (Å²) in [7, 11) is 2.14. The molecular formula is C23H37ClN2OS. The van der Waals surface area contributed by atoms with Crippen molar-refractivity contribution in [1.82, 2.24) is 10.0 Å². The Kier molecular flexibility index (Phi) is 8.87. The van der Waals surface area contributed by atoms with E-state index < -0.39 is 5.54 Å². The highest BCUT2D eigenvalue weighted by molar-refractivity contribution is 7.97. The summed E-state index contributed by atoms with van der Waals surface area (Å²) in [6, 6.07) is 6.62. The molecule has 2 aliphatic carbocycles. The normalized spacial score (nSPS) is 29.6. The maximum atomic E-state index is 10.7. The number of hydrogen-bond acceptors (Lipinski definition) is 4. The summed E-state index contributed by atoms with van der Waals surface area (Å²) in [5, 5.41) is 4.27. The molecule has 3 rings (SSSR count). The molecule has 28 heavy (non-hydrogen) atoms. The van der Waals surface area contributed by atoms with Crippen molar-refractivity contribution in [3.63, 3.8) is 0 Å². The van der Waals surface area contributed by atoms with Crippen molar-refractivity contribution in [3.8, 4) is 0 Å². The van der Waals surface area contributed by atoms with Crippen molar-refractivity contribution in [2.24, 2.45) is 23.7 Å². The van der Waals surface area contributed by atoms with Gasteiger partial charge in [0.05, 0.1) is 5.54 Å². The van der Waals surface area contributed by atoms with E-state index >= 15 is 0 Å². The standard InChI is InChI=1S/C12H23N.C11H14ClNOS/c1-8-4-10-6-9(2)12(13-3)11(5-8)7-10;1-8-4-5-9(6-10(8)12)15-13-11(2,3)7-14/h8-13H,4-7H2,1-3H3;4-7,13H,1-3H3. The Bertz CT molecular complexity index is 647. The largest absolute Gasteiger partial charge is 0.316 e. The Morgan fingerprint density at radius 1 is 1.18 bits per heavy atom. The minimum Gasteiger partial charge on any atom is -0.316 e. The summed E-state index contributed by atoms with van der Waals surface area (Å²) in [6.45, 7) is 10.5. The van der Waals surface area contributed by atoms with Crippen molar-refractivity contribution >= 4 is 29.8 Å². The highest BCUT2D eigenvalue weighted by Crippen LogP contribution is 2.44. The Morgan fingerprint density at radius 2 is 1.89 bits per heavy atom. The molecule has 0 amide bonds. The second-order valence-electron chi connectivity index (χ2n) is 9.42. The summed E-state index contributed by atoms with van der Waals surface area (Å²) in [6.07, 6.45) is 6.81. The molecule has 0 heterocycles. The average Bonchev–Trinajstić information content (AvgIpc) is 2.63. The average molecular weight is 425 g/mol. The van der Waals surface area contributed by atoms with Crippen LogP contribution in [0.2, 0.25) is 5.02 Å². The van der Waals surface area contributed by atoms with Crippen LogP contribution in [-0.2, 0) is 4.79 Å². The van der Waals surface area contributed by atoms with Gasteiger partial charge in [0.2, 0.25) is 0 Å². The molecule has 2 aliphatic rings. The second kappa shape index (κ2) is 10.5. The second-order valence-corrected chi connectivity index (χ2v) is 10.7. The van der Waals surface area contributed by atoms with Crippen LogP contribution in [0.3, 0.4) is 0 Å². The SMILES string of the molecule is CNC1C(C)CC2CC(C)CC1C2.Cc1ccc(SNC(C)(C)C=O)cc1Cl. The molecule has 0 aromatic heterocycles. The summed E-state index contributed by atoms with van der Waals surface area (Å²) in [5.74, 6) is 3.91. The zero-order chi connectivity index (χ0) is 20.9. The molecule has 0 radical (unpaired) electrons. The fourth-order valence-electron chi connectivity index (χ4n) is 4.80. The van der Waals surface area contributed by atoms with Crippen LogP contribution >= 0.6 is 23.5 Å². The first-order chi connectivity index (χ1) is 13.1. The zero-order valence-electron chi connectivity index (χ0n) is 18.2. The van der Waals surface area contributed by atoms with Crippen LogP contribution in [0.5, 0.6) is 0 Å². The molecule has 2 fully saturated rings. The molecule has 158 valence electrons. The quantitative estimate of drug-likeness (QED) is 0.456. The highest BCUT2D eigenvalue weighted by atomic mass is 35.5. The fourth-order valence-corrected chi connectivity index (χ4v) is 5.78. The third-order valence-electron chi connectivity index (χ3n) is 6.11. The van der Waals surface area contributed by atoms with E-state index in [0.29, 0.717) is 0 Å². The van der Waals surface area contributed by atoms with Gasteiger partial charge >= 0.3 is 0 Å². The predicted octanol–water partition coefficient (Wildman–Crippen LogP) is 5.89. The van der Waals surface area contributed by atoms with Crippen LogP contribution in [0.4, 0.5) is 0 Å². The Hall–Kier alpha value is -0.550. The molecule has 0 aliphatic heterocycles. The van der Waals surface area contributed by atoms with E-state index in [0.717, 1.165) is 51.5 Å². The van der Waals surface area contributed by atoms with E-state index in [-0.39, 0.29) is 0 Å². The van der Waals surface area contributed by atoms with Crippen LogP contribution in [0.15, 0.2) is 23.1 Å². The molecule has 2 N–H and O–H groups in total. The van der Waals surface area contributed by atoms with Gasteiger partial charge < -0.3 is 10.1 Å². The van der Waals surface area contributed by atoms with Crippen molar-refractivity contribution in [2.75, 3.05) is 7.05 Å². The number of benzene rings is 1. The highest BCUT2D eigenvalue weighted by Gasteiger charge is 2.38. The Labute approximate surface area is 180 Å². The Balaban J connectivity index is 0.000000202. The van der Waals surface area contributed by atoms with Crippen molar-refractivity contribution < 1.29 is 4.79 Å². The predicted molar refractivity (Wildman–Crippen MR) is 122 cm³/mol. The molecule has 1 aromatic carbocycles. The minimum absolute atomic E-state index is 0.526. The van der Waals surface area contributed by atoms with Gasteiger partial charge in [-0.2, -0.15) is 0 Å². The summed E-state index contributed by atoms with van der Waals surface area (Å²) >= 11 is 7.40. The van der Waals surface area contributed by atoms with Gasteiger partial charge in [0.25, 0.3) is 0 Å². The number of carbonyl (C=O) groups is 1. The third kappa shape index (κ3) is 6.76. The van der Waals surface area contributed by atoms with Gasteiger partial charge in [0.15, 0.2) is 0 Å². The molecule has 2 saturated carbocycles. The van der Waals surface area contributed by atoms with E-state index in [1.807, 2.05) is 39.0 Å². The molecule has 2 bridgehead atoms. The lowest BCUT2D eigenvalue weighted by atomic mass is 9.63. The number of rotatable bonds is 5. The van der Waals surface area contributed by atoms with Gasteiger partial charge in [-0.05, 0) is 107 Å². The third-order valence-corrected chi connectivity index (χ3v) is 7.63. The minimum atomic E-state index is -0.526. The first-order valence-electron chi connectivity index (χ1n) is 10.5. The van der Waals surface area contributed by atoms with Gasteiger partial charge in [-0.25, -0.2) is 4.72 Å². The van der Waals surface area contributed by atoms with Gasteiger partial charge in [0.1, 0.15) is 6.29 Å². The topological polar surface area (TPSA) is 41.1 Å². The van der Waals surface area contributed by atoms with Crippen molar-refractivity contribution in [1.29, 1.82) is 0 Å². The first kappa shape index (κ1) is 23.7. The fraction of sp³-hybridized carbons (Fsp3) is 0.696. The summed E-state index contributed by atoms with van der Waals surface area (Å²) < 4.78 is 3.06. The van der Waals surface area contributed by atoms with Crippen LogP contribution in [0.25, 0.3) is 0 Å². The van der Waals surface area contributed by atoms with Gasteiger partial charge in [-0.1, -0.05) is 31.5 Å². The zero-order valence-corrected chi connectivity index (χ0v) is 19.8. The van der Waals surface area contributed by atoms with E-state index in [2.05, 4.69) is 30.9 Å². The van der Waals surface area contributed by atoms with Gasteiger partial charge in [-0.15, -0.1) is 0 Å². The molecule has 0 spiro atoms. The molecule has 3 nitrogen and oxygen atoms in total. The smallest absolute Gasteiger partial charge is 0.140 e. The molecule has 0 saturated heterocycles. The Morgan fingerprint density at radius 3 is 2.50 bits per heavy atom. The van der Waals surface area contributed by atoms with E-state index in [1.165, 1.54) is 37.6 Å². The van der Waals surface area contributed by atoms with Crippen molar-refractivity contribution in [3.05, 3.63) is 28.8 Å². The molecule has 5 unspecified atom stereocenters. The number of halogens is 1. The van der Waals surface area contributed by atoms with E-state index in [4.69, 9.17) is 11.6 Å². The number of carbonyl (C=O) groups excluding carboxylic acids is 1. The summed E-state index contributed by atoms with van der Waals surface area (Å²) in [4.78, 5) is 11.7. The number of hydrogen-bond donors (Lipinski definition) is 2. The van der Waals surface area contributed by atoms with Crippen LogP contribution in [-0.4, -0.2) is 24.9 Å². The van der Waals surface area contributed by atoms with Crippen LogP contribution in [0.1, 0.15) is 58.9 Å². The first-order valence-corrected chi connectivity index (χ1v) is 11.7. The maximum absolute atomic E-state index is 10.7. The lowest BCUT2D eigenvalue weighted by Crippen LogP contribution is -2.47. The van der Waals surface area contributed by atoms with E-state index in [1.54, 1.807) is 0 Å². The summed E-state index contributed by atoms with van der Waals surface area (Å²) in [5.41, 5.74) is 0.526. The lowest BCUT2D eigenvalue weighted by molar-refractivity contribution is -0.111. The molecule has 5 heteroatoms. The molecule has 1 aromatic rings. The number of aryl methyl sites for hydroxylation is 1. The number of nitrogens with one attached hydrogen (secondary N) is 2. The number of fused-ring (bicyclic) bond motifs is 2. The maximum Gasteiger partial charge on any atom is 0.140 e. The van der Waals surface area contributed by atoms with Crippen LogP contribution in [0, 0.1) is 30.6 Å². The monoisotopic (exact) mass is 424 g/mol. The lowest BCUT2D eigenvalue weighted by Gasteiger charge is -2.46. The molecule has 5 atom stereocenters. The van der Waals surface area contributed by atoms with E-state index in [9.17, 15) is 4.79 Å². The molecular weight excluding hydrogens is 388 g/mol.